The number of para-hydroxylation sites is 3. The number of amides is 1. The number of benzene rings is 2. The fourth-order valence-corrected chi connectivity index (χ4v) is 4.52. The molecule has 0 aliphatic carbocycles. The van der Waals surface area contributed by atoms with Crippen LogP contribution in [0.3, 0.4) is 0 Å². The highest BCUT2D eigenvalue weighted by atomic mass is 16.7. The summed E-state index contributed by atoms with van der Waals surface area (Å²) >= 11 is 0. The first-order valence-corrected chi connectivity index (χ1v) is 13.0. The van der Waals surface area contributed by atoms with Crippen molar-refractivity contribution in [2.45, 2.75) is 25.6 Å². The maximum atomic E-state index is 13.6. The van der Waals surface area contributed by atoms with E-state index < -0.39 is 18.1 Å². The van der Waals surface area contributed by atoms with E-state index in [1.54, 1.807) is 54.6 Å². The Morgan fingerprint density at radius 2 is 1.79 bits per heavy atom. The molecule has 10 nitrogen and oxygen atoms in total. The highest BCUT2D eigenvalue weighted by molar-refractivity contribution is 6.04. The fourth-order valence-electron chi connectivity index (χ4n) is 4.52. The van der Waals surface area contributed by atoms with Crippen molar-refractivity contribution < 1.29 is 33.3 Å². The predicted octanol–water partition coefficient (Wildman–Crippen LogP) is 3.41. The highest BCUT2D eigenvalue weighted by Crippen LogP contribution is 2.38. The van der Waals surface area contributed by atoms with Crippen molar-refractivity contribution in [3.63, 3.8) is 0 Å². The van der Waals surface area contributed by atoms with Crippen LogP contribution in [0, 0.1) is 5.92 Å². The van der Waals surface area contributed by atoms with Gasteiger partial charge >= 0.3 is 0 Å². The van der Waals surface area contributed by atoms with Gasteiger partial charge in [-0.2, -0.15) is 0 Å². The molecule has 39 heavy (non-hydrogen) atoms. The number of ether oxygens (including phenoxy) is 4. The van der Waals surface area contributed by atoms with Gasteiger partial charge in [0.05, 0.1) is 49.5 Å². The molecule has 0 spiro atoms. The van der Waals surface area contributed by atoms with Gasteiger partial charge in [-0.05, 0) is 43.7 Å². The van der Waals surface area contributed by atoms with Gasteiger partial charge in [-0.1, -0.05) is 24.3 Å². The molecule has 208 valence electrons. The molecule has 2 aromatic carbocycles. The second kappa shape index (κ2) is 13.9. The normalized spacial score (nSPS) is 18.9. The van der Waals surface area contributed by atoms with E-state index in [1.807, 2.05) is 6.92 Å². The maximum absolute atomic E-state index is 13.6. The lowest BCUT2D eigenvalue weighted by atomic mass is 9.81. The number of anilines is 2. The first kappa shape index (κ1) is 28.3. The van der Waals surface area contributed by atoms with Crippen molar-refractivity contribution in [3.8, 4) is 0 Å². The lowest BCUT2D eigenvalue weighted by Crippen LogP contribution is -2.39. The van der Waals surface area contributed by atoms with Crippen molar-refractivity contribution in [2.75, 3.05) is 50.7 Å². The third kappa shape index (κ3) is 7.04. The molecule has 4 N–H and O–H groups in total. The Balaban J connectivity index is 1.65. The van der Waals surface area contributed by atoms with Gasteiger partial charge in [0.15, 0.2) is 11.2 Å². The van der Waals surface area contributed by atoms with E-state index >= 15 is 0 Å². The van der Waals surface area contributed by atoms with Crippen LogP contribution in [-0.2, 0) is 23.7 Å². The number of allylic oxidation sites excluding steroid dienone is 1. The molecule has 0 radical (unpaired) electrons. The molecule has 1 aromatic heterocycles. The smallest absolute Gasteiger partial charge is 0.290 e. The molecule has 0 bridgehead atoms. The summed E-state index contributed by atoms with van der Waals surface area (Å²) in [5, 5.41) is 12.1. The Kier molecular flexibility index (Phi) is 10.1. The third-order valence-electron chi connectivity index (χ3n) is 6.42. The molecule has 3 aromatic rings. The van der Waals surface area contributed by atoms with Crippen molar-refractivity contribution >= 4 is 28.3 Å². The van der Waals surface area contributed by atoms with E-state index in [1.165, 1.54) is 6.26 Å². The summed E-state index contributed by atoms with van der Waals surface area (Å²) in [4.78, 5) is 26.8. The molecule has 1 aliphatic heterocycles. The number of carbonyl (C=O) groups excluding carboxylic acids is 1. The molecular formula is C29H34N2O8. The number of aliphatic hydroxyl groups is 1. The largest absolute Gasteiger partial charge is 0.464 e. The first-order chi connectivity index (χ1) is 19.0. The Hall–Kier alpha value is -3.70. The molecule has 3 atom stereocenters. The molecule has 0 unspecified atom stereocenters. The van der Waals surface area contributed by atoms with Crippen LogP contribution < -0.4 is 16.5 Å². The Morgan fingerprint density at radius 3 is 2.56 bits per heavy atom. The van der Waals surface area contributed by atoms with E-state index in [0.29, 0.717) is 60.8 Å². The molecule has 4 rings (SSSR count). The number of nitrogens with one attached hydrogen (secondary N) is 1. The zero-order chi connectivity index (χ0) is 27.6. The molecular weight excluding hydrogens is 504 g/mol. The number of aliphatic hydroxyl groups excluding tert-OH is 1. The second-order valence-corrected chi connectivity index (χ2v) is 8.96. The lowest BCUT2D eigenvalue weighted by Gasteiger charge is -2.36. The van der Waals surface area contributed by atoms with Gasteiger partial charge in [-0.3, -0.25) is 9.59 Å². The average molecular weight is 539 g/mol. The van der Waals surface area contributed by atoms with Crippen molar-refractivity contribution in [1.82, 2.24) is 0 Å². The van der Waals surface area contributed by atoms with Crippen molar-refractivity contribution in [2.24, 2.45) is 5.92 Å². The fraction of sp³-hybridized carbons (Fsp3) is 0.379. The van der Waals surface area contributed by atoms with Gasteiger partial charge in [0.25, 0.3) is 5.91 Å². The minimum Gasteiger partial charge on any atom is -0.464 e. The highest BCUT2D eigenvalue weighted by Gasteiger charge is 2.39. The number of rotatable bonds is 13. The number of nitrogens with two attached hydrogens (primary N) is 1. The number of carbonyl (C=O) groups is 1. The number of hydrogen-bond acceptors (Lipinski definition) is 9. The van der Waals surface area contributed by atoms with Gasteiger partial charge in [-0.15, -0.1) is 0 Å². The van der Waals surface area contributed by atoms with Gasteiger partial charge in [0.1, 0.15) is 5.58 Å². The zero-order valence-electron chi connectivity index (χ0n) is 21.8. The van der Waals surface area contributed by atoms with E-state index in [0.717, 1.165) is 0 Å². The Bertz CT molecular complexity index is 1340. The third-order valence-corrected chi connectivity index (χ3v) is 6.42. The van der Waals surface area contributed by atoms with E-state index in [-0.39, 0.29) is 30.3 Å². The quantitative estimate of drug-likeness (QED) is 0.220. The molecule has 10 heteroatoms. The Morgan fingerprint density at radius 1 is 1.05 bits per heavy atom. The second-order valence-electron chi connectivity index (χ2n) is 8.96. The summed E-state index contributed by atoms with van der Waals surface area (Å²) in [6.45, 7) is 3.39. The van der Waals surface area contributed by atoms with E-state index in [9.17, 15) is 9.59 Å². The Labute approximate surface area is 226 Å². The summed E-state index contributed by atoms with van der Waals surface area (Å²) in [6, 6.07) is 13.9. The summed E-state index contributed by atoms with van der Waals surface area (Å²) in [5.41, 5.74) is 7.54. The molecule has 2 heterocycles. The van der Waals surface area contributed by atoms with Crippen LogP contribution >= 0.6 is 0 Å². The standard InChI is InChI=1S/C29H34N2O8/c1-2-37-29-19(11-13-35-15-16-36-14-12-32)21(22-18-38-25-10-6-3-7-20(25)27(22)33)17-26(39-29)28(34)31-24-9-5-4-8-23(24)30/h3-10,17-19,21,29,32H,2,11-16,30H2,1H3,(H,31,34)/t19-,21-,29+/m0/s1. The van der Waals surface area contributed by atoms with Crippen molar-refractivity contribution in [3.05, 3.63) is 82.4 Å². The van der Waals surface area contributed by atoms with Crippen LogP contribution in [0.25, 0.3) is 11.0 Å². The SMILES string of the molecule is CCO[C@@H]1OC(C(=O)Nc2ccccc2N)=C[C@H](c2coc3ccccc3c2=O)[C@@H]1CCOCCOCCO. The monoisotopic (exact) mass is 538 g/mol. The molecule has 0 fully saturated rings. The first-order valence-electron chi connectivity index (χ1n) is 13.0. The van der Waals surface area contributed by atoms with Gasteiger partial charge in [0, 0.05) is 30.6 Å². The van der Waals surface area contributed by atoms with Gasteiger partial charge in [-0.25, -0.2) is 0 Å². The zero-order valence-corrected chi connectivity index (χ0v) is 21.8. The van der Waals surface area contributed by atoms with Crippen LogP contribution in [0.15, 0.2) is 75.8 Å². The molecule has 1 aliphatic rings. The summed E-state index contributed by atoms with van der Waals surface area (Å²) in [6.07, 6.45) is 2.74. The number of hydrogen-bond donors (Lipinski definition) is 3. The van der Waals surface area contributed by atoms with Crippen LogP contribution in [0.2, 0.25) is 0 Å². The van der Waals surface area contributed by atoms with Crippen LogP contribution in [0.5, 0.6) is 0 Å². The van der Waals surface area contributed by atoms with Crippen LogP contribution in [-0.4, -0.2) is 56.9 Å². The predicted molar refractivity (Wildman–Crippen MR) is 146 cm³/mol. The lowest BCUT2D eigenvalue weighted by molar-refractivity contribution is -0.166. The molecule has 0 saturated carbocycles. The van der Waals surface area contributed by atoms with E-state index in [4.69, 9.17) is 34.2 Å². The number of nitrogen functional groups attached to an aromatic ring is 1. The van der Waals surface area contributed by atoms with Crippen LogP contribution in [0.1, 0.15) is 24.8 Å². The number of fused-ring (bicyclic) bond motifs is 1. The minimum absolute atomic E-state index is 0.0174. The molecule has 1 amide bonds. The van der Waals surface area contributed by atoms with Crippen LogP contribution in [0.4, 0.5) is 11.4 Å². The topological polar surface area (TPSA) is 142 Å². The van der Waals surface area contributed by atoms with Gasteiger partial charge in [0.2, 0.25) is 6.29 Å². The van der Waals surface area contributed by atoms with Gasteiger partial charge < -0.3 is 39.5 Å². The summed E-state index contributed by atoms with van der Waals surface area (Å²) in [5.74, 6) is -1.41. The molecule has 0 saturated heterocycles. The average Bonchev–Trinajstić information content (AvgIpc) is 2.95. The van der Waals surface area contributed by atoms with Crippen molar-refractivity contribution in [1.29, 1.82) is 0 Å². The van der Waals surface area contributed by atoms with E-state index in [2.05, 4.69) is 5.32 Å². The summed E-state index contributed by atoms with van der Waals surface area (Å²) in [7, 11) is 0. The summed E-state index contributed by atoms with van der Waals surface area (Å²) < 4.78 is 28.8. The maximum Gasteiger partial charge on any atom is 0.290 e. The minimum atomic E-state index is -0.820.